The van der Waals surface area contributed by atoms with Crippen LogP contribution >= 0.6 is 0 Å². The second kappa shape index (κ2) is 8.10. The van der Waals surface area contributed by atoms with Crippen molar-refractivity contribution >= 4 is 17.7 Å². The zero-order valence-corrected chi connectivity index (χ0v) is 18.8. The van der Waals surface area contributed by atoms with Crippen LogP contribution in [0.25, 0.3) is 0 Å². The van der Waals surface area contributed by atoms with Crippen molar-refractivity contribution in [3.63, 3.8) is 0 Å². The van der Waals surface area contributed by atoms with Crippen LogP contribution in [0.1, 0.15) is 77.9 Å². The van der Waals surface area contributed by atoms with Crippen LogP contribution < -0.4 is 0 Å². The summed E-state index contributed by atoms with van der Waals surface area (Å²) < 4.78 is 0. The largest absolute Gasteiger partial charge is 0.293 e. The van der Waals surface area contributed by atoms with Crippen molar-refractivity contribution < 1.29 is 14.4 Å². The van der Waals surface area contributed by atoms with E-state index in [1.54, 1.807) is 0 Å². The molecule has 0 spiro atoms. The van der Waals surface area contributed by atoms with Gasteiger partial charge in [-0.2, -0.15) is 5.01 Å². The number of hydrogen-bond acceptors (Lipinski definition) is 4. The molecule has 0 aliphatic carbocycles. The van der Waals surface area contributed by atoms with Gasteiger partial charge >= 0.3 is 0 Å². The SMILES string of the molecule is O=C1c2ccc(C3CC4CCC(C3)N4Cc3ccccc3)cc2CN1N1C(=O)CCCC1=O. The molecule has 6 nitrogen and oxygen atoms in total. The van der Waals surface area contributed by atoms with Crippen LogP contribution in [0.15, 0.2) is 48.5 Å². The predicted molar refractivity (Wildman–Crippen MR) is 123 cm³/mol. The van der Waals surface area contributed by atoms with E-state index in [0.717, 1.165) is 30.0 Å². The van der Waals surface area contributed by atoms with Crippen LogP contribution in [-0.4, -0.2) is 44.7 Å². The van der Waals surface area contributed by atoms with Crippen molar-refractivity contribution in [2.45, 2.75) is 76.0 Å². The van der Waals surface area contributed by atoms with E-state index in [9.17, 15) is 14.4 Å². The summed E-state index contributed by atoms with van der Waals surface area (Å²) in [5, 5.41) is 2.44. The van der Waals surface area contributed by atoms with Gasteiger partial charge in [-0.05, 0) is 60.8 Å². The number of carbonyl (C=O) groups is 3. The van der Waals surface area contributed by atoms with Crippen molar-refractivity contribution in [2.75, 3.05) is 0 Å². The first kappa shape index (κ1) is 20.6. The van der Waals surface area contributed by atoms with E-state index in [0.29, 0.717) is 49.4 Å². The van der Waals surface area contributed by atoms with E-state index in [1.165, 1.54) is 29.0 Å². The summed E-state index contributed by atoms with van der Waals surface area (Å²) in [4.78, 5) is 40.4. The highest BCUT2D eigenvalue weighted by Crippen LogP contribution is 2.44. The molecule has 0 N–H and O–H groups in total. The molecule has 2 unspecified atom stereocenters. The Kier molecular flexibility index (Phi) is 5.06. The molecule has 2 aromatic rings. The lowest BCUT2D eigenvalue weighted by Gasteiger charge is -2.39. The number of piperidine rings is 2. The Morgan fingerprint density at radius 3 is 2.24 bits per heavy atom. The molecule has 3 saturated heterocycles. The van der Waals surface area contributed by atoms with E-state index >= 15 is 0 Å². The molecule has 0 radical (unpaired) electrons. The predicted octanol–water partition coefficient (Wildman–Crippen LogP) is 4.01. The second-order valence-electron chi connectivity index (χ2n) is 9.94. The van der Waals surface area contributed by atoms with Gasteiger partial charge in [-0.15, -0.1) is 0 Å². The molecule has 6 heteroatoms. The standard InChI is InChI=1S/C27H29N3O3/c31-25-7-4-8-26(32)30(25)29-17-21-13-19(9-12-24(21)27(29)33)20-14-22-10-11-23(15-20)28(22)16-18-5-2-1-3-6-18/h1-3,5-6,9,12-13,20,22-23H,4,7-8,10-11,14-17H2. The minimum Gasteiger partial charge on any atom is -0.293 e. The maximum Gasteiger partial charge on any atom is 0.273 e. The molecular weight excluding hydrogens is 414 g/mol. The molecule has 170 valence electrons. The molecule has 6 rings (SSSR count). The average molecular weight is 444 g/mol. The van der Waals surface area contributed by atoms with E-state index in [1.807, 2.05) is 6.07 Å². The molecule has 0 aromatic heterocycles. The summed E-state index contributed by atoms with van der Waals surface area (Å²) in [6.07, 6.45) is 6.00. The molecule has 2 aromatic carbocycles. The smallest absolute Gasteiger partial charge is 0.273 e. The van der Waals surface area contributed by atoms with E-state index in [-0.39, 0.29) is 17.7 Å². The average Bonchev–Trinajstić information content (AvgIpc) is 3.24. The van der Waals surface area contributed by atoms with Crippen molar-refractivity contribution in [3.8, 4) is 0 Å². The summed E-state index contributed by atoms with van der Waals surface area (Å²) in [5.74, 6) is -0.287. The third kappa shape index (κ3) is 3.57. The van der Waals surface area contributed by atoms with Gasteiger partial charge in [0.05, 0.1) is 6.54 Å². The van der Waals surface area contributed by atoms with Crippen LogP contribution in [0, 0.1) is 0 Å². The van der Waals surface area contributed by atoms with Gasteiger partial charge in [-0.3, -0.25) is 19.3 Å². The van der Waals surface area contributed by atoms with Gasteiger partial charge in [-0.25, -0.2) is 5.01 Å². The quantitative estimate of drug-likeness (QED) is 0.670. The summed E-state index contributed by atoms with van der Waals surface area (Å²) in [6, 6.07) is 18.1. The van der Waals surface area contributed by atoms with Crippen molar-refractivity contribution in [2.24, 2.45) is 0 Å². The minimum atomic E-state index is -0.269. The zero-order valence-electron chi connectivity index (χ0n) is 18.8. The van der Waals surface area contributed by atoms with E-state index in [4.69, 9.17) is 0 Å². The Balaban J connectivity index is 1.19. The number of benzene rings is 2. The maximum absolute atomic E-state index is 13.0. The van der Waals surface area contributed by atoms with E-state index < -0.39 is 0 Å². The van der Waals surface area contributed by atoms with Gasteiger partial charge in [0.25, 0.3) is 5.91 Å². The molecule has 3 amide bonds. The van der Waals surface area contributed by atoms with Crippen molar-refractivity contribution in [3.05, 3.63) is 70.8 Å². The summed E-state index contributed by atoms with van der Waals surface area (Å²) in [7, 11) is 0. The summed E-state index contributed by atoms with van der Waals surface area (Å²) in [5.41, 5.74) is 4.22. The number of rotatable bonds is 4. The zero-order chi connectivity index (χ0) is 22.5. The lowest BCUT2D eigenvalue weighted by atomic mass is 9.84. The number of carbonyl (C=O) groups excluding carboxylic acids is 3. The fraction of sp³-hybridized carbons (Fsp3) is 0.444. The first-order valence-corrected chi connectivity index (χ1v) is 12.2. The van der Waals surface area contributed by atoms with Crippen LogP contribution in [0.2, 0.25) is 0 Å². The van der Waals surface area contributed by atoms with Crippen LogP contribution in [0.3, 0.4) is 0 Å². The molecular formula is C27H29N3O3. The van der Waals surface area contributed by atoms with Crippen LogP contribution in [0.4, 0.5) is 0 Å². The highest BCUT2D eigenvalue weighted by Gasteiger charge is 2.42. The van der Waals surface area contributed by atoms with Gasteiger partial charge in [-0.1, -0.05) is 42.5 Å². The topological polar surface area (TPSA) is 60.9 Å². The van der Waals surface area contributed by atoms with Crippen molar-refractivity contribution in [1.29, 1.82) is 0 Å². The number of fused-ring (bicyclic) bond motifs is 3. The summed E-state index contributed by atoms with van der Waals surface area (Å²) in [6.45, 7) is 1.33. The Morgan fingerprint density at radius 1 is 0.848 bits per heavy atom. The third-order valence-electron chi connectivity index (χ3n) is 7.97. The van der Waals surface area contributed by atoms with E-state index in [2.05, 4.69) is 47.4 Å². The van der Waals surface area contributed by atoms with Crippen LogP contribution in [-0.2, 0) is 22.7 Å². The Bertz CT molecular complexity index is 1080. The molecule has 2 atom stereocenters. The first-order chi connectivity index (χ1) is 16.1. The Hall–Kier alpha value is -2.99. The second-order valence-corrected chi connectivity index (χ2v) is 9.94. The van der Waals surface area contributed by atoms with Crippen molar-refractivity contribution in [1.82, 2.24) is 14.9 Å². The van der Waals surface area contributed by atoms with Gasteiger partial charge in [0.1, 0.15) is 0 Å². The van der Waals surface area contributed by atoms with Gasteiger partial charge in [0, 0.05) is 37.0 Å². The first-order valence-electron chi connectivity index (χ1n) is 12.2. The molecule has 3 fully saturated rings. The lowest BCUT2D eigenvalue weighted by molar-refractivity contribution is -0.163. The molecule has 4 aliphatic rings. The number of amides is 3. The molecule has 2 bridgehead atoms. The Labute approximate surface area is 194 Å². The molecule has 4 aliphatic heterocycles. The number of nitrogens with zero attached hydrogens (tertiary/aromatic N) is 3. The lowest BCUT2D eigenvalue weighted by Crippen LogP contribution is -2.51. The normalized spacial score (nSPS) is 27.4. The molecule has 0 saturated carbocycles. The number of hydrogen-bond donors (Lipinski definition) is 0. The third-order valence-corrected chi connectivity index (χ3v) is 7.97. The van der Waals surface area contributed by atoms with Gasteiger partial charge in [0.2, 0.25) is 11.8 Å². The highest BCUT2D eigenvalue weighted by molar-refractivity contribution is 6.04. The monoisotopic (exact) mass is 443 g/mol. The fourth-order valence-corrected chi connectivity index (χ4v) is 6.35. The van der Waals surface area contributed by atoms with Crippen LogP contribution in [0.5, 0.6) is 0 Å². The van der Waals surface area contributed by atoms with Gasteiger partial charge in [0.15, 0.2) is 0 Å². The number of hydrazine groups is 1. The number of imide groups is 1. The molecule has 4 heterocycles. The maximum atomic E-state index is 13.0. The minimum absolute atomic E-state index is 0.238. The molecule has 33 heavy (non-hydrogen) atoms. The summed E-state index contributed by atoms with van der Waals surface area (Å²) >= 11 is 0. The Morgan fingerprint density at radius 2 is 1.55 bits per heavy atom. The fourth-order valence-electron chi connectivity index (χ4n) is 6.35. The van der Waals surface area contributed by atoms with Gasteiger partial charge < -0.3 is 0 Å². The highest BCUT2D eigenvalue weighted by atomic mass is 16.2.